The summed E-state index contributed by atoms with van der Waals surface area (Å²) >= 11 is 11.5. The fourth-order valence-corrected chi connectivity index (χ4v) is 2.63. The Hall–Kier alpha value is -0.630. The topological polar surface area (TPSA) is 75.2 Å². The van der Waals surface area contributed by atoms with E-state index in [0.717, 1.165) is 19.2 Å². The van der Waals surface area contributed by atoms with Gasteiger partial charge in [0.25, 0.3) is 0 Å². The second-order valence-corrected chi connectivity index (χ2v) is 6.11. The average Bonchev–Trinajstić information content (AvgIpc) is 2.31. The van der Waals surface area contributed by atoms with Gasteiger partial charge < -0.3 is 0 Å². The van der Waals surface area contributed by atoms with Gasteiger partial charge in [-0.1, -0.05) is 36.5 Å². The van der Waals surface area contributed by atoms with E-state index in [4.69, 9.17) is 23.2 Å². The Kier molecular flexibility index (Phi) is 5.58. The van der Waals surface area contributed by atoms with Crippen LogP contribution in [0.1, 0.15) is 19.8 Å². The van der Waals surface area contributed by atoms with Gasteiger partial charge in [0, 0.05) is 13.6 Å². The van der Waals surface area contributed by atoms with E-state index >= 15 is 0 Å². The third-order valence-electron chi connectivity index (χ3n) is 2.22. The summed E-state index contributed by atoms with van der Waals surface area (Å²) in [7, 11) is -2.22. The molecular formula is C9H14Cl2N4O2S. The zero-order valence-corrected chi connectivity index (χ0v) is 12.3. The van der Waals surface area contributed by atoms with Crippen molar-refractivity contribution in [2.45, 2.75) is 19.8 Å². The molecule has 0 aliphatic heterocycles. The van der Waals surface area contributed by atoms with Crippen LogP contribution in [0.5, 0.6) is 0 Å². The van der Waals surface area contributed by atoms with Crippen molar-refractivity contribution in [3.05, 3.63) is 16.6 Å². The summed E-state index contributed by atoms with van der Waals surface area (Å²) < 4.78 is 27.4. The van der Waals surface area contributed by atoms with Crippen molar-refractivity contribution < 1.29 is 8.42 Å². The first-order chi connectivity index (χ1) is 8.38. The molecule has 0 bridgehead atoms. The van der Waals surface area contributed by atoms with Crippen LogP contribution in [0.25, 0.3) is 0 Å². The van der Waals surface area contributed by atoms with Crippen LogP contribution < -0.4 is 4.72 Å². The van der Waals surface area contributed by atoms with Crippen LogP contribution in [0.15, 0.2) is 6.33 Å². The molecule has 1 aromatic heterocycles. The number of anilines is 1. The van der Waals surface area contributed by atoms with E-state index in [1.807, 2.05) is 6.92 Å². The van der Waals surface area contributed by atoms with Gasteiger partial charge in [0.2, 0.25) is 0 Å². The molecule has 0 aliphatic rings. The second kappa shape index (κ2) is 6.51. The Balaban J connectivity index is 2.89. The quantitative estimate of drug-likeness (QED) is 0.817. The van der Waals surface area contributed by atoms with E-state index in [1.54, 1.807) is 0 Å². The molecule has 1 aromatic rings. The standard InChI is InChI=1S/C9H14Cl2N4O2S/c1-3-4-5-15(2)18(16,17)14-7-8(10)12-6-13-9(7)11/h6,14H,3-5H2,1-2H3. The monoisotopic (exact) mass is 312 g/mol. The summed E-state index contributed by atoms with van der Waals surface area (Å²) in [6, 6.07) is 0. The number of aromatic nitrogens is 2. The lowest BCUT2D eigenvalue weighted by molar-refractivity contribution is 0.463. The molecule has 0 aromatic carbocycles. The maximum absolute atomic E-state index is 12.0. The highest BCUT2D eigenvalue weighted by Gasteiger charge is 2.20. The number of rotatable bonds is 6. The summed E-state index contributed by atoms with van der Waals surface area (Å²) in [6.07, 6.45) is 2.82. The van der Waals surface area contributed by atoms with Crippen LogP contribution in [-0.2, 0) is 10.2 Å². The molecule has 0 spiro atoms. The number of halogens is 2. The molecule has 0 atom stereocenters. The molecule has 1 rings (SSSR count). The zero-order chi connectivity index (χ0) is 13.8. The molecule has 18 heavy (non-hydrogen) atoms. The van der Waals surface area contributed by atoms with E-state index in [9.17, 15) is 8.42 Å². The van der Waals surface area contributed by atoms with Crippen LogP contribution in [0, 0.1) is 0 Å². The highest BCUT2D eigenvalue weighted by Crippen LogP contribution is 2.27. The van der Waals surface area contributed by atoms with Gasteiger partial charge in [-0.05, 0) is 6.42 Å². The van der Waals surface area contributed by atoms with Gasteiger partial charge >= 0.3 is 10.2 Å². The Morgan fingerprint density at radius 2 is 1.89 bits per heavy atom. The van der Waals surface area contributed by atoms with Gasteiger partial charge in [0.05, 0.1) is 0 Å². The third-order valence-corrected chi connectivity index (χ3v) is 4.26. The first-order valence-electron chi connectivity index (χ1n) is 5.28. The van der Waals surface area contributed by atoms with Gasteiger partial charge in [0.15, 0.2) is 10.3 Å². The Morgan fingerprint density at radius 3 is 2.39 bits per heavy atom. The molecule has 0 fully saturated rings. The third kappa shape index (κ3) is 3.94. The minimum atomic E-state index is -3.70. The molecule has 0 saturated carbocycles. The van der Waals surface area contributed by atoms with E-state index < -0.39 is 10.2 Å². The largest absolute Gasteiger partial charge is 0.301 e. The van der Waals surface area contributed by atoms with Crippen LogP contribution in [0.2, 0.25) is 10.3 Å². The van der Waals surface area contributed by atoms with Crippen molar-refractivity contribution in [3.63, 3.8) is 0 Å². The van der Waals surface area contributed by atoms with Crippen LogP contribution >= 0.6 is 23.2 Å². The highest BCUT2D eigenvalue weighted by molar-refractivity contribution is 7.90. The molecule has 0 amide bonds. The number of unbranched alkanes of at least 4 members (excludes halogenated alkanes) is 1. The fourth-order valence-electron chi connectivity index (χ4n) is 1.14. The van der Waals surface area contributed by atoms with Crippen molar-refractivity contribution in [2.24, 2.45) is 0 Å². The maximum atomic E-state index is 12.0. The lowest BCUT2D eigenvalue weighted by Gasteiger charge is -2.18. The van der Waals surface area contributed by atoms with Crippen LogP contribution in [-0.4, -0.2) is 36.3 Å². The van der Waals surface area contributed by atoms with Crippen molar-refractivity contribution in [2.75, 3.05) is 18.3 Å². The smallest absolute Gasteiger partial charge is 0.265 e. The Bertz CT molecular complexity index is 489. The van der Waals surface area contributed by atoms with Crippen molar-refractivity contribution >= 4 is 39.1 Å². The Morgan fingerprint density at radius 1 is 1.33 bits per heavy atom. The summed E-state index contributed by atoms with van der Waals surface area (Å²) in [6.45, 7) is 2.39. The summed E-state index contributed by atoms with van der Waals surface area (Å²) in [5.74, 6) is 0. The molecule has 1 heterocycles. The molecule has 0 radical (unpaired) electrons. The molecule has 9 heteroatoms. The molecule has 1 N–H and O–H groups in total. The molecular weight excluding hydrogens is 299 g/mol. The normalized spacial score (nSPS) is 11.8. The predicted molar refractivity (Wildman–Crippen MR) is 72.1 cm³/mol. The van der Waals surface area contributed by atoms with Gasteiger partial charge in [-0.25, -0.2) is 9.97 Å². The second-order valence-electron chi connectivity index (χ2n) is 3.61. The van der Waals surface area contributed by atoms with Crippen LogP contribution in [0.3, 0.4) is 0 Å². The lowest BCUT2D eigenvalue weighted by Crippen LogP contribution is -2.33. The highest BCUT2D eigenvalue weighted by atomic mass is 35.5. The van der Waals surface area contributed by atoms with E-state index in [0.29, 0.717) is 6.54 Å². The molecule has 6 nitrogen and oxygen atoms in total. The minimum absolute atomic E-state index is 0.0100. The predicted octanol–water partition coefficient (Wildman–Crippen LogP) is 2.17. The van der Waals surface area contributed by atoms with Crippen molar-refractivity contribution in [1.29, 1.82) is 0 Å². The SMILES string of the molecule is CCCCN(C)S(=O)(=O)Nc1c(Cl)ncnc1Cl. The molecule has 0 aliphatic carbocycles. The first-order valence-corrected chi connectivity index (χ1v) is 7.48. The number of hydrogen-bond acceptors (Lipinski definition) is 4. The average molecular weight is 313 g/mol. The van der Waals surface area contributed by atoms with E-state index in [2.05, 4.69) is 14.7 Å². The molecule has 0 unspecified atom stereocenters. The maximum Gasteiger partial charge on any atom is 0.301 e. The number of hydrogen-bond donors (Lipinski definition) is 1. The van der Waals surface area contributed by atoms with Gasteiger partial charge in [-0.15, -0.1) is 0 Å². The van der Waals surface area contributed by atoms with Gasteiger partial charge in [-0.3, -0.25) is 4.72 Å². The van der Waals surface area contributed by atoms with Crippen LogP contribution in [0.4, 0.5) is 5.69 Å². The van der Waals surface area contributed by atoms with Crippen molar-refractivity contribution in [3.8, 4) is 0 Å². The van der Waals surface area contributed by atoms with E-state index in [1.165, 1.54) is 11.4 Å². The van der Waals surface area contributed by atoms with Crippen molar-refractivity contribution in [1.82, 2.24) is 14.3 Å². The number of nitrogens with zero attached hydrogens (tertiary/aromatic N) is 3. The summed E-state index contributed by atoms with van der Waals surface area (Å²) in [5, 5.41) is -0.0788. The first kappa shape index (κ1) is 15.4. The van der Waals surface area contributed by atoms with Gasteiger partial charge in [0.1, 0.15) is 12.0 Å². The van der Waals surface area contributed by atoms with Gasteiger partial charge in [-0.2, -0.15) is 12.7 Å². The fraction of sp³-hybridized carbons (Fsp3) is 0.556. The number of nitrogens with one attached hydrogen (secondary N) is 1. The lowest BCUT2D eigenvalue weighted by atomic mass is 10.3. The molecule has 0 saturated heterocycles. The summed E-state index contributed by atoms with van der Waals surface area (Å²) in [5.41, 5.74) is -0.0100. The Labute approximate surface area is 117 Å². The zero-order valence-electron chi connectivity index (χ0n) is 10.0. The molecule has 102 valence electrons. The van der Waals surface area contributed by atoms with E-state index in [-0.39, 0.29) is 16.0 Å². The summed E-state index contributed by atoms with van der Waals surface area (Å²) in [4.78, 5) is 7.34. The minimum Gasteiger partial charge on any atom is -0.265 e.